The Morgan fingerprint density at radius 1 is 1.24 bits per heavy atom. The van der Waals surface area contributed by atoms with Crippen LogP contribution in [0.5, 0.6) is 5.75 Å². The summed E-state index contributed by atoms with van der Waals surface area (Å²) in [5.74, 6) is -0.643. The molecule has 1 unspecified atom stereocenters. The SMILES string of the molecule is Cc1ccc(OC(C)C(=O)c2ccccc2)c([N+](=O)[O-])n1. The monoisotopic (exact) mass is 286 g/mol. The van der Waals surface area contributed by atoms with Crippen LogP contribution in [-0.4, -0.2) is 21.8 Å². The lowest BCUT2D eigenvalue weighted by Crippen LogP contribution is -2.24. The molecule has 2 rings (SSSR count). The van der Waals surface area contributed by atoms with Crippen LogP contribution in [0.4, 0.5) is 5.82 Å². The van der Waals surface area contributed by atoms with Crippen molar-refractivity contribution in [2.75, 3.05) is 0 Å². The predicted octanol–water partition coefficient (Wildman–Crippen LogP) is 2.95. The second-order valence-corrected chi connectivity index (χ2v) is 4.52. The van der Waals surface area contributed by atoms with Gasteiger partial charge in [-0.1, -0.05) is 30.3 Å². The van der Waals surface area contributed by atoms with Gasteiger partial charge in [0.2, 0.25) is 11.5 Å². The Morgan fingerprint density at radius 3 is 2.52 bits per heavy atom. The van der Waals surface area contributed by atoms with Crippen molar-refractivity contribution in [1.82, 2.24) is 4.98 Å². The lowest BCUT2D eigenvalue weighted by molar-refractivity contribution is -0.390. The number of carbonyl (C=O) groups excluding carboxylic acids is 1. The molecule has 0 saturated heterocycles. The highest BCUT2D eigenvalue weighted by atomic mass is 16.6. The zero-order chi connectivity index (χ0) is 15.4. The van der Waals surface area contributed by atoms with Crippen LogP contribution in [0, 0.1) is 17.0 Å². The molecular formula is C15H14N2O4. The van der Waals surface area contributed by atoms with E-state index in [1.165, 1.54) is 6.07 Å². The average Bonchev–Trinajstić information content (AvgIpc) is 2.49. The molecule has 0 spiro atoms. The molecule has 1 aromatic heterocycles. The molecule has 6 nitrogen and oxygen atoms in total. The highest BCUT2D eigenvalue weighted by Crippen LogP contribution is 2.26. The number of rotatable bonds is 5. The van der Waals surface area contributed by atoms with E-state index in [-0.39, 0.29) is 17.4 Å². The molecule has 1 heterocycles. The van der Waals surface area contributed by atoms with Crippen LogP contribution in [0.2, 0.25) is 0 Å². The third kappa shape index (κ3) is 3.42. The molecule has 6 heteroatoms. The maximum Gasteiger partial charge on any atom is 0.406 e. The highest BCUT2D eigenvalue weighted by Gasteiger charge is 2.23. The van der Waals surface area contributed by atoms with Crippen molar-refractivity contribution < 1.29 is 14.5 Å². The average molecular weight is 286 g/mol. The Bertz CT molecular complexity index is 671. The van der Waals surface area contributed by atoms with Gasteiger partial charge in [-0.05, 0) is 29.0 Å². The minimum absolute atomic E-state index is 0.0117. The summed E-state index contributed by atoms with van der Waals surface area (Å²) in [4.78, 5) is 26.4. The number of carbonyl (C=O) groups is 1. The van der Waals surface area contributed by atoms with E-state index >= 15 is 0 Å². The molecule has 0 bridgehead atoms. The van der Waals surface area contributed by atoms with Gasteiger partial charge in [-0.25, -0.2) is 0 Å². The van der Waals surface area contributed by atoms with E-state index in [0.717, 1.165) is 0 Å². The zero-order valence-electron chi connectivity index (χ0n) is 11.6. The van der Waals surface area contributed by atoms with Gasteiger partial charge in [-0.2, -0.15) is 0 Å². The number of benzene rings is 1. The van der Waals surface area contributed by atoms with Gasteiger partial charge < -0.3 is 14.9 Å². The van der Waals surface area contributed by atoms with Gasteiger partial charge in [-0.3, -0.25) is 4.79 Å². The van der Waals surface area contributed by atoms with Crippen LogP contribution in [0.15, 0.2) is 42.5 Å². The first-order chi connectivity index (χ1) is 9.99. The molecule has 0 fully saturated rings. The normalized spacial score (nSPS) is 11.7. The molecule has 0 aliphatic heterocycles. The number of aromatic nitrogens is 1. The fourth-order valence-electron chi connectivity index (χ4n) is 1.83. The summed E-state index contributed by atoms with van der Waals surface area (Å²) >= 11 is 0. The molecule has 0 aliphatic carbocycles. The molecule has 1 atom stereocenters. The summed E-state index contributed by atoms with van der Waals surface area (Å²) in [6.45, 7) is 3.20. The molecule has 0 N–H and O–H groups in total. The van der Waals surface area contributed by atoms with Crippen LogP contribution in [0.25, 0.3) is 0 Å². The molecule has 0 radical (unpaired) electrons. The summed E-state index contributed by atoms with van der Waals surface area (Å²) in [5, 5.41) is 11.0. The predicted molar refractivity (Wildman–Crippen MR) is 76.5 cm³/mol. The third-order valence-corrected chi connectivity index (χ3v) is 2.88. The molecule has 0 amide bonds. The van der Waals surface area contributed by atoms with E-state index in [1.54, 1.807) is 50.2 Å². The van der Waals surface area contributed by atoms with Crippen molar-refractivity contribution in [2.45, 2.75) is 20.0 Å². The van der Waals surface area contributed by atoms with Crippen molar-refractivity contribution in [1.29, 1.82) is 0 Å². The van der Waals surface area contributed by atoms with Crippen molar-refractivity contribution in [3.8, 4) is 5.75 Å². The van der Waals surface area contributed by atoms with E-state index in [2.05, 4.69) is 4.98 Å². The van der Waals surface area contributed by atoms with E-state index in [4.69, 9.17) is 4.74 Å². The standard InChI is InChI=1S/C15H14N2O4/c1-10-8-9-13(15(16-10)17(19)20)21-11(2)14(18)12-6-4-3-5-7-12/h3-9,11H,1-2H3. The minimum Gasteiger partial charge on any atom is -0.474 e. The van der Waals surface area contributed by atoms with Gasteiger partial charge in [0.05, 0.1) is 0 Å². The first-order valence-electron chi connectivity index (χ1n) is 6.37. The number of nitro groups is 1. The smallest absolute Gasteiger partial charge is 0.406 e. The van der Waals surface area contributed by atoms with Crippen molar-refractivity contribution in [3.63, 3.8) is 0 Å². The number of hydrogen-bond donors (Lipinski definition) is 0. The molecular weight excluding hydrogens is 272 g/mol. The maximum absolute atomic E-state index is 12.2. The van der Waals surface area contributed by atoms with Gasteiger partial charge in [0, 0.05) is 12.5 Å². The molecule has 21 heavy (non-hydrogen) atoms. The van der Waals surface area contributed by atoms with Crippen molar-refractivity contribution in [3.05, 3.63) is 63.8 Å². The van der Waals surface area contributed by atoms with Gasteiger partial charge in [0.25, 0.3) is 0 Å². The first kappa shape index (κ1) is 14.6. The fraction of sp³-hybridized carbons (Fsp3) is 0.200. The van der Waals surface area contributed by atoms with Crippen molar-refractivity contribution in [2.24, 2.45) is 0 Å². The number of hydrogen-bond acceptors (Lipinski definition) is 5. The van der Waals surface area contributed by atoms with Gasteiger partial charge in [0.1, 0.15) is 5.69 Å². The molecule has 0 saturated carbocycles. The lowest BCUT2D eigenvalue weighted by atomic mass is 10.1. The van der Waals surface area contributed by atoms with E-state index in [1.807, 2.05) is 0 Å². The second kappa shape index (κ2) is 6.13. The topological polar surface area (TPSA) is 82.3 Å². The highest BCUT2D eigenvalue weighted by molar-refractivity contribution is 5.99. The summed E-state index contributed by atoms with van der Waals surface area (Å²) in [6.07, 6.45) is -0.837. The Kier molecular flexibility index (Phi) is 4.27. The summed E-state index contributed by atoms with van der Waals surface area (Å²) in [6, 6.07) is 11.7. The van der Waals surface area contributed by atoms with E-state index in [9.17, 15) is 14.9 Å². The molecule has 108 valence electrons. The van der Waals surface area contributed by atoms with Gasteiger partial charge >= 0.3 is 5.82 Å². The van der Waals surface area contributed by atoms with Gasteiger partial charge in [-0.15, -0.1) is 0 Å². The van der Waals surface area contributed by atoms with E-state index < -0.39 is 11.0 Å². The number of pyridine rings is 1. The van der Waals surface area contributed by atoms with Crippen LogP contribution < -0.4 is 4.74 Å². The Balaban J connectivity index is 2.22. The molecule has 2 aromatic rings. The van der Waals surface area contributed by atoms with Crippen LogP contribution in [0.3, 0.4) is 0 Å². The number of ketones is 1. The quantitative estimate of drug-likeness (QED) is 0.479. The Labute approximate surface area is 121 Å². The molecule has 1 aromatic carbocycles. The largest absolute Gasteiger partial charge is 0.474 e. The Hall–Kier alpha value is -2.76. The van der Waals surface area contributed by atoms with E-state index in [0.29, 0.717) is 11.3 Å². The minimum atomic E-state index is -0.837. The van der Waals surface area contributed by atoms with Crippen LogP contribution in [-0.2, 0) is 0 Å². The first-order valence-corrected chi connectivity index (χ1v) is 6.37. The summed E-state index contributed by atoms with van der Waals surface area (Å²) in [5.41, 5.74) is 1.00. The maximum atomic E-state index is 12.2. The van der Waals surface area contributed by atoms with Crippen LogP contribution >= 0.6 is 0 Å². The Morgan fingerprint density at radius 2 is 1.90 bits per heavy atom. The summed E-state index contributed by atoms with van der Waals surface area (Å²) < 4.78 is 5.42. The van der Waals surface area contributed by atoms with Gasteiger partial charge in [0.15, 0.2) is 6.10 Å². The van der Waals surface area contributed by atoms with Crippen LogP contribution in [0.1, 0.15) is 23.0 Å². The third-order valence-electron chi connectivity index (χ3n) is 2.88. The number of Topliss-reactive ketones (excluding diaryl/α,β-unsaturated/α-hetero) is 1. The molecule has 0 aliphatic rings. The number of ether oxygens (including phenoxy) is 1. The number of nitrogens with zero attached hydrogens (tertiary/aromatic N) is 2. The number of aryl methyl sites for hydroxylation is 1. The van der Waals surface area contributed by atoms with Crippen molar-refractivity contribution >= 4 is 11.6 Å². The lowest BCUT2D eigenvalue weighted by Gasteiger charge is -2.13. The second-order valence-electron chi connectivity index (χ2n) is 4.52. The zero-order valence-corrected chi connectivity index (χ0v) is 11.6. The summed E-state index contributed by atoms with van der Waals surface area (Å²) in [7, 11) is 0. The fourth-order valence-corrected chi connectivity index (χ4v) is 1.83.